The normalized spacial score (nSPS) is 11.4. The number of hydrogen-bond donors (Lipinski definition) is 2. The highest BCUT2D eigenvalue weighted by molar-refractivity contribution is 7.89. The smallest absolute Gasteiger partial charge is 0.307 e. The zero-order valence-corrected chi connectivity index (χ0v) is 10.3. The van der Waals surface area contributed by atoms with E-state index < -0.39 is 16.0 Å². The maximum atomic E-state index is 11.8. The second kappa shape index (κ2) is 5.79. The Balaban J connectivity index is 2.94. The van der Waals surface area contributed by atoms with E-state index in [9.17, 15) is 13.2 Å². The van der Waals surface area contributed by atoms with Crippen molar-refractivity contribution in [1.29, 1.82) is 0 Å². The number of carboxylic acids is 1. The fourth-order valence-electron chi connectivity index (χ4n) is 1.32. The summed E-state index contributed by atoms with van der Waals surface area (Å²) in [6.07, 6.45) is 0.519. The van der Waals surface area contributed by atoms with Crippen molar-refractivity contribution in [2.45, 2.75) is 24.7 Å². The number of carbonyl (C=O) groups is 1. The van der Waals surface area contributed by atoms with Crippen LogP contribution in [-0.2, 0) is 21.2 Å². The fraction of sp³-hybridized carbons (Fsp3) is 0.364. The molecule has 1 aromatic carbocycles. The Labute approximate surface area is 101 Å². The summed E-state index contributed by atoms with van der Waals surface area (Å²) < 4.78 is 26.0. The van der Waals surface area contributed by atoms with Gasteiger partial charge in [0.05, 0.1) is 11.3 Å². The Morgan fingerprint density at radius 1 is 1.41 bits per heavy atom. The molecule has 0 aliphatic heterocycles. The van der Waals surface area contributed by atoms with Gasteiger partial charge in [-0.15, -0.1) is 0 Å². The first-order valence-corrected chi connectivity index (χ1v) is 6.74. The first-order chi connectivity index (χ1) is 7.95. The maximum absolute atomic E-state index is 11.8. The molecule has 0 bridgehead atoms. The zero-order chi connectivity index (χ0) is 12.9. The summed E-state index contributed by atoms with van der Waals surface area (Å²) in [5.41, 5.74) is 0.469. The maximum Gasteiger partial charge on any atom is 0.307 e. The molecule has 6 heteroatoms. The average molecular weight is 257 g/mol. The lowest BCUT2D eigenvalue weighted by Crippen LogP contribution is -2.24. The molecule has 0 spiro atoms. The van der Waals surface area contributed by atoms with Crippen molar-refractivity contribution in [3.05, 3.63) is 29.8 Å². The van der Waals surface area contributed by atoms with Gasteiger partial charge in [0.1, 0.15) is 0 Å². The lowest BCUT2D eigenvalue weighted by atomic mass is 10.2. The topological polar surface area (TPSA) is 83.5 Å². The van der Waals surface area contributed by atoms with Gasteiger partial charge >= 0.3 is 5.97 Å². The van der Waals surface area contributed by atoms with E-state index in [-0.39, 0.29) is 11.3 Å². The second-order valence-corrected chi connectivity index (χ2v) is 5.38. The third-order valence-corrected chi connectivity index (χ3v) is 3.56. The Hall–Kier alpha value is -1.40. The molecule has 0 aliphatic rings. The monoisotopic (exact) mass is 257 g/mol. The summed E-state index contributed by atoms with van der Waals surface area (Å²) in [5.74, 6) is -0.985. The molecular formula is C11H15NO4S. The Morgan fingerprint density at radius 3 is 2.71 bits per heavy atom. The van der Waals surface area contributed by atoms with E-state index in [4.69, 9.17) is 5.11 Å². The van der Waals surface area contributed by atoms with E-state index in [2.05, 4.69) is 4.72 Å². The molecule has 94 valence electrons. The minimum atomic E-state index is -3.52. The fourth-order valence-corrected chi connectivity index (χ4v) is 2.52. The number of nitrogens with one attached hydrogen (secondary N) is 1. The highest BCUT2D eigenvalue weighted by atomic mass is 32.2. The SMILES string of the molecule is CCCNS(=O)(=O)c1cccc(CC(=O)O)c1. The molecular weight excluding hydrogens is 242 g/mol. The molecule has 0 fully saturated rings. The van der Waals surface area contributed by atoms with Crippen molar-refractivity contribution in [2.75, 3.05) is 6.54 Å². The summed E-state index contributed by atoms with van der Waals surface area (Å²) in [4.78, 5) is 10.6. The first kappa shape index (κ1) is 13.7. The predicted octanol–water partition coefficient (Wildman–Crippen LogP) is 1.00. The van der Waals surface area contributed by atoms with Crippen LogP contribution in [-0.4, -0.2) is 26.0 Å². The molecule has 0 atom stereocenters. The number of sulfonamides is 1. The minimum absolute atomic E-state index is 0.102. The highest BCUT2D eigenvalue weighted by Crippen LogP contribution is 2.11. The van der Waals surface area contributed by atoms with Crippen molar-refractivity contribution >= 4 is 16.0 Å². The summed E-state index contributed by atoms with van der Waals surface area (Å²) in [6.45, 7) is 2.23. The van der Waals surface area contributed by atoms with E-state index in [1.165, 1.54) is 12.1 Å². The third-order valence-electron chi connectivity index (χ3n) is 2.11. The highest BCUT2D eigenvalue weighted by Gasteiger charge is 2.13. The Morgan fingerprint density at radius 2 is 2.12 bits per heavy atom. The van der Waals surface area contributed by atoms with Crippen LogP contribution in [0.15, 0.2) is 29.2 Å². The van der Waals surface area contributed by atoms with Gasteiger partial charge in [0, 0.05) is 6.54 Å². The van der Waals surface area contributed by atoms with Crippen molar-refractivity contribution in [1.82, 2.24) is 4.72 Å². The molecule has 0 radical (unpaired) electrons. The molecule has 0 saturated carbocycles. The minimum Gasteiger partial charge on any atom is -0.481 e. The Kier molecular flexibility index (Phi) is 4.65. The van der Waals surface area contributed by atoms with E-state index in [1.807, 2.05) is 6.92 Å². The molecule has 0 unspecified atom stereocenters. The van der Waals surface area contributed by atoms with E-state index >= 15 is 0 Å². The van der Waals surface area contributed by atoms with Crippen LogP contribution in [0.5, 0.6) is 0 Å². The van der Waals surface area contributed by atoms with Crippen LogP contribution in [0.25, 0.3) is 0 Å². The van der Waals surface area contributed by atoms with Gasteiger partial charge in [-0.3, -0.25) is 4.79 Å². The van der Waals surface area contributed by atoms with Crippen molar-refractivity contribution < 1.29 is 18.3 Å². The van der Waals surface area contributed by atoms with Gasteiger partial charge in [0.15, 0.2) is 0 Å². The van der Waals surface area contributed by atoms with Gasteiger partial charge in [-0.1, -0.05) is 19.1 Å². The van der Waals surface area contributed by atoms with Gasteiger partial charge in [0.2, 0.25) is 10.0 Å². The lowest BCUT2D eigenvalue weighted by molar-refractivity contribution is -0.136. The molecule has 0 aromatic heterocycles. The molecule has 1 aromatic rings. The van der Waals surface area contributed by atoms with Crippen LogP contribution in [0.2, 0.25) is 0 Å². The number of aliphatic carboxylic acids is 1. The summed E-state index contributed by atoms with van der Waals surface area (Å²) in [6, 6.07) is 5.96. The second-order valence-electron chi connectivity index (χ2n) is 3.62. The average Bonchev–Trinajstić information content (AvgIpc) is 2.26. The number of benzene rings is 1. The molecule has 1 rings (SSSR count). The van der Waals surface area contributed by atoms with Crippen LogP contribution in [0.1, 0.15) is 18.9 Å². The van der Waals surface area contributed by atoms with Crippen LogP contribution in [0, 0.1) is 0 Å². The molecule has 5 nitrogen and oxygen atoms in total. The molecule has 0 saturated heterocycles. The van der Waals surface area contributed by atoms with E-state index in [1.54, 1.807) is 12.1 Å². The molecule has 0 aliphatic carbocycles. The van der Waals surface area contributed by atoms with Crippen LogP contribution in [0.4, 0.5) is 0 Å². The van der Waals surface area contributed by atoms with E-state index in [0.29, 0.717) is 18.5 Å². The van der Waals surface area contributed by atoms with Gasteiger partial charge in [-0.25, -0.2) is 13.1 Å². The van der Waals surface area contributed by atoms with Crippen molar-refractivity contribution in [3.8, 4) is 0 Å². The zero-order valence-electron chi connectivity index (χ0n) is 9.51. The van der Waals surface area contributed by atoms with Crippen LogP contribution in [0.3, 0.4) is 0 Å². The van der Waals surface area contributed by atoms with Gasteiger partial charge < -0.3 is 5.11 Å². The summed E-state index contributed by atoms with van der Waals surface area (Å²) in [5, 5.41) is 8.64. The van der Waals surface area contributed by atoms with Crippen molar-refractivity contribution in [3.63, 3.8) is 0 Å². The summed E-state index contributed by atoms with van der Waals surface area (Å²) in [7, 11) is -3.52. The largest absolute Gasteiger partial charge is 0.481 e. The Bertz CT molecular complexity index is 496. The lowest BCUT2D eigenvalue weighted by Gasteiger charge is -2.06. The van der Waals surface area contributed by atoms with Gasteiger partial charge in [-0.05, 0) is 24.1 Å². The van der Waals surface area contributed by atoms with Crippen molar-refractivity contribution in [2.24, 2.45) is 0 Å². The standard InChI is InChI=1S/C11H15NO4S/c1-2-6-12-17(15,16)10-5-3-4-9(7-10)8-11(13)14/h3-5,7,12H,2,6,8H2,1H3,(H,13,14). The first-order valence-electron chi connectivity index (χ1n) is 5.26. The predicted molar refractivity (Wildman–Crippen MR) is 63.3 cm³/mol. The molecule has 2 N–H and O–H groups in total. The van der Waals surface area contributed by atoms with E-state index in [0.717, 1.165) is 0 Å². The summed E-state index contributed by atoms with van der Waals surface area (Å²) >= 11 is 0. The number of rotatable bonds is 6. The number of carboxylic acid groups (broad SMARTS) is 1. The van der Waals surface area contributed by atoms with Gasteiger partial charge in [-0.2, -0.15) is 0 Å². The van der Waals surface area contributed by atoms with Gasteiger partial charge in [0.25, 0.3) is 0 Å². The molecule has 17 heavy (non-hydrogen) atoms. The molecule has 0 heterocycles. The van der Waals surface area contributed by atoms with Crippen LogP contribution < -0.4 is 4.72 Å². The molecule has 0 amide bonds. The third kappa shape index (κ3) is 4.16. The quantitative estimate of drug-likeness (QED) is 0.796. The van der Waals surface area contributed by atoms with Crippen LogP contribution >= 0.6 is 0 Å². The number of hydrogen-bond acceptors (Lipinski definition) is 3.